The molecule has 18 heavy (non-hydrogen) atoms. The number of ether oxygens (including phenoxy) is 1. The number of hydrogen-bond donors (Lipinski definition) is 2. The number of nitrogens with one attached hydrogen (secondary N) is 1. The van der Waals surface area contributed by atoms with Gasteiger partial charge in [-0.05, 0) is 26.7 Å². The largest absolute Gasteiger partial charge is 0.481 e. The molecule has 2 N–H and O–H groups in total. The SMILES string of the molecule is CC1OCCC1NC(=O)N1CCC(C)(C(=O)O)C1. The van der Waals surface area contributed by atoms with E-state index >= 15 is 0 Å². The molecule has 6 heteroatoms. The van der Waals surface area contributed by atoms with Gasteiger partial charge in [-0.15, -0.1) is 0 Å². The molecule has 102 valence electrons. The molecule has 2 aliphatic heterocycles. The number of carbonyl (C=O) groups is 2. The van der Waals surface area contributed by atoms with Crippen molar-refractivity contribution in [2.75, 3.05) is 19.7 Å². The maximum Gasteiger partial charge on any atom is 0.317 e. The number of amides is 2. The van der Waals surface area contributed by atoms with Crippen LogP contribution >= 0.6 is 0 Å². The number of carboxylic acids is 1. The summed E-state index contributed by atoms with van der Waals surface area (Å²) >= 11 is 0. The van der Waals surface area contributed by atoms with E-state index in [1.54, 1.807) is 11.8 Å². The Labute approximate surface area is 106 Å². The van der Waals surface area contributed by atoms with E-state index in [0.29, 0.717) is 19.6 Å². The number of carbonyl (C=O) groups excluding carboxylic acids is 1. The quantitative estimate of drug-likeness (QED) is 0.761. The molecule has 2 fully saturated rings. The summed E-state index contributed by atoms with van der Waals surface area (Å²) in [7, 11) is 0. The zero-order valence-corrected chi connectivity index (χ0v) is 10.8. The summed E-state index contributed by atoms with van der Waals surface area (Å²) in [4.78, 5) is 24.7. The predicted molar refractivity (Wildman–Crippen MR) is 64.3 cm³/mol. The fourth-order valence-electron chi connectivity index (χ4n) is 2.48. The first-order valence-electron chi connectivity index (χ1n) is 6.33. The summed E-state index contributed by atoms with van der Waals surface area (Å²) in [6.45, 7) is 5.05. The lowest BCUT2D eigenvalue weighted by atomic mass is 9.90. The third-order valence-electron chi connectivity index (χ3n) is 3.96. The Morgan fingerprint density at radius 2 is 2.22 bits per heavy atom. The molecule has 3 atom stereocenters. The highest BCUT2D eigenvalue weighted by molar-refractivity contribution is 5.79. The van der Waals surface area contributed by atoms with Gasteiger partial charge in [0.1, 0.15) is 0 Å². The molecule has 0 aromatic heterocycles. The second-order valence-electron chi connectivity index (χ2n) is 5.46. The second kappa shape index (κ2) is 4.76. The first kappa shape index (κ1) is 13.1. The van der Waals surface area contributed by atoms with Gasteiger partial charge in [-0.3, -0.25) is 4.79 Å². The van der Waals surface area contributed by atoms with Gasteiger partial charge in [0.2, 0.25) is 0 Å². The van der Waals surface area contributed by atoms with Gasteiger partial charge in [-0.1, -0.05) is 0 Å². The zero-order chi connectivity index (χ0) is 13.3. The monoisotopic (exact) mass is 256 g/mol. The molecule has 2 heterocycles. The topological polar surface area (TPSA) is 78.9 Å². The van der Waals surface area contributed by atoms with Crippen LogP contribution in [0.25, 0.3) is 0 Å². The van der Waals surface area contributed by atoms with Crippen molar-refractivity contribution >= 4 is 12.0 Å². The summed E-state index contributed by atoms with van der Waals surface area (Å²) in [5.41, 5.74) is -0.810. The standard InChI is InChI=1S/C12H20N2O4/c1-8-9(3-6-18-8)13-11(17)14-5-4-12(2,7-14)10(15)16/h8-9H,3-7H2,1-2H3,(H,13,17)(H,15,16). The minimum absolute atomic E-state index is 0.0300. The maximum atomic E-state index is 12.0. The number of carboxylic acid groups (broad SMARTS) is 1. The minimum atomic E-state index is -0.838. The van der Waals surface area contributed by atoms with E-state index in [1.165, 1.54) is 0 Å². The molecule has 3 unspecified atom stereocenters. The van der Waals surface area contributed by atoms with Crippen LogP contribution in [0.5, 0.6) is 0 Å². The molecule has 0 spiro atoms. The number of likely N-dealkylation sites (tertiary alicyclic amines) is 1. The molecule has 0 bridgehead atoms. The fraction of sp³-hybridized carbons (Fsp3) is 0.833. The van der Waals surface area contributed by atoms with Gasteiger partial charge in [0, 0.05) is 19.7 Å². The van der Waals surface area contributed by atoms with E-state index in [0.717, 1.165) is 6.42 Å². The van der Waals surface area contributed by atoms with Crippen molar-refractivity contribution in [3.63, 3.8) is 0 Å². The predicted octanol–water partition coefficient (Wildman–Crippen LogP) is 0.670. The highest BCUT2D eigenvalue weighted by Gasteiger charge is 2.42. The zero-order valence-electron chi connectivity index (χ0n) is 10.8. The summed E-state index contributed by atoms with van der Waals surface area (Å²) in [5, 5.41) is 12.0. The molecule has 0 aliphatic carbocycles. The van der Waals surface area contributed by atoms with E-state index < -0.39 is 11.4 Å². The number of rotatable bonds is 2. The first-order valence-corrected chi connectivity index (χ1v) is 6.33. The van der Waals surface area contributed by atoms with Crippen LogP contribution in [0.2, 0.25) is 0 Å². The lowest BCUT2D eigenvalue weighted by Gasteiger charge is -2.23. The van der Waals surface area contributed by atoms with Crippen LogP contribution < -0.4 is 5.32 Å². The number of nitrogens with zero attached hydrogens (tertiary/aromatic N) is 1. The van der Waals surface area contributed by atoms with Crippen LogP contribution in [0.3, 0.4) is 0 Å². The molecule has 0 radical (unpaired) electrons. The smallest absolute Gasteiger partial charge is 0.317 e. The number of hydrogen-bond acceptors (Lipinski definition) is 3. The van der Waals surface area contributed by atoms with E-state index in [-0.39, 0.29) is 24.7 Å². The Bertz CT molecular complexity index is 360. The highest BCUT2D eigenvalue weighted by atomic mass is 16.5. The van der Waals surface area contributed by atoms with E-state index in [1.807, 2.05) is 6.92 Å². The molecule has 2 amide bonds. The van der Waals surface area contributed by atoms with Crippen molar-refractivity contribution in [1.29, 1.82) is 0 Å². The molecule has 0 aromatic rings. The van der Waals surface area contributed by atoms with Crippen molar-refractivity contribution < 1.29 is 19.4 Å². The lowest BCUT2D eigenvalue weighted by Crippen LogP contribution is -2.47. The van der Waals surface area contributed by atoms with Gasteiger partial charge in [0.25, 0.3) is 0 Å². The second-order valence-corrected chi connectivity index (χ2v) is 5.46. The van der Waals surface area contributed by atoms with Gasteiger partial charge in [-0.2, -0.15) is 0 Å². The maximum absolute atomic E-state index is 12.0. The third kappa shape index (κ3) is 2.43. The van der Waals surface area contributed by atoms with Gasteiger partial charge in [-0.25, -0.2) is 4.79 Å². The van der Waals surface area contributed by atoms with E-state index in [9.17, 15) is 9.59 Å². The van der Waals surface area contributed by atoms with E-state index in [2.05, 4.69) is 5.32 Å². The fourth-order valence-corrected chi connectivity index (χ4v) is 2.48. The summed E-state index contributed by atoms with van der Waals surface area (Å²) in [5.74, 6) is -0.838. The van der Waals surface area contributed by atoms with Crippen molar-refractivity contribution in [2.24, 2.45) is 5.41 Å². The first-order chi connectivity index (χ1) is 8.42. The number of aliphatic carboxylic acids is 1. The summed E-state index contributed by atoms with van der Waals surface area (Å²) in [6, 6.07) is -0.142. The van der Waals surface area contributed by atoms with Crippen LogP contribution in [0, 0.1) is 5.41 Å². The molecule has 6 nitrogen and oxygen atoms in total. The molecular weight excluding hydrogens is 236 g/mol. The average molecular weight is 256 g/mol. The Morgan fingerprint density at radius 3 is 2.72 bits per heavy atom. The van der Waals surface area contributed by atoms with Crippen molar-refractivity contribution in [3.05, 3.63) is 0 Å². The summed E-state index contributed by atoms with van der Waals surface area (Å²) in [6.07, 6.45) is 1.35. The lowest BCUT2D eigenvalue weighted by molar-refractivity contribution is -0.147. The molecule has 2 rings (SSSR count). The molecule has 2 saturated heterocycles. The summed E-state index contributed by atoms with van der Waals surface area (Å²) < 4.78 is 5.38. The number of urea groups is 1. The van der Waals surface area contributed by atoms with Gasteiger partial charge in [0.05, 0.1) is 17.6 Å². The van der Waals surface area contributed by atoms with Crippen LogP contribution in [-0.2, 0) is 9.53 Å². The van der Waals surface area contributed by atoms with Gasteiger partial charge < -0.3 is 20.1 Å². The van der Waals surface area contributed by atoms with Crippen molar-refractivity contribution in [1.82, 2.24) is 10.2 Å². The Morgan fingerprint density at radius 1 is 1.50 bits per heavy atom. The van der Waals surface area contributed by atoms with Gasteiger partial charge >= 0.3 is 12.0 Å². The van der Waals surface area contributed by atoms with Crippen molar-refractivity contribution in [3.8, 4) is 0 Å². The average Bonchev–Trinajstić information content (AvgIpc) is 2.87. The van der Waals surface area contributed by atoms with Crippen LogP contribution in [0.1, 0.15) is 26.7 Å². The van der Waals surface area contributed by atoms with Crippen LogP contribution in [0.15, 0.2) is 0 Å². The molecular formula is C12H20N2O4. The normalized spacial score (nSPS) is 35.8. The minimum Gasteiger partial charge on any atom is -0.481 e. The Hall–Kier alpha value is -1.30. The van der Waals surface area contributed by atoms with Crippen LogP contribution in [-0.4, -0.2) is 53.8 Å². The van der Waals surface area contributed by atoms with Crippen molar-refractivity contribution in [2.45, 2.75) is 38.8 Å². The van der Waals surface area contributed by atoms with E-state index in [4.69, 9.17) is 9.84 Å². The third-order valence-corrected chi connectivity index (χ3v) is 3.96. The Balaban J connectivity index is 1.89. The molecule has 0 aromatic carbocycles. The van der Waals surface area contributed by atoms with Crippen LogP contribution in [0.4, 0.5) is 4.79 Å². The highest BCUT2D eigenvalue weighted by Crippen LogP contribution is 2.30. The van der Waals surface area contributed by atoms with Gasteiger partial charge in [0.15, 0.2) is 0 Å². The molecule has 0 saturated carbocycles. The molecule has 2 aliphatic rings. The Kier molecular flexibility index (Phi) is 3.47.